The summed E-state index contributed by atoms with van der Waals surface area (Å²) in [7, 11) is 0. The highest BCUT2D eigenvalue weighted by atomic mass is 16.3. The standard InChI is InChI=1S/C22H20N6O/c1-2-20(29)24-15-9-14(11-23-12-15)13-7-8-17-16(10-13)21(28-27-17)22-25-18-5-3-4-6-19(18)26-22/h3-12,20,24,29H,2H2,1H3,(H,25,26)(H,27,28). The van der Waals surface area contributed by atoms with E-state index in [1.165, 1.54) is 0 Å². The number of para-hydroxylation sites is 2. The van der Waals surface area contributed by atoms with E-state index < -0.39 is 6.23 Å². The Labute approximate surface area is 166 Å². The molecule has 3 aromatic heterocycles. The van der Waals surface area contributed by atoms with Gasteiger partial charge in [-0.05, 0) is 42.3 Å². The average Bonchev–Trinajstić information content (AvgIpc) is 3.37. The number of pyridine rings is 1. The van der Waals surface area contributed by atoms with Crippen molar-refractivity contribution in [3.8, 4) is 22.6 Å². The Balaban J connectivity index is 1.57. The summed E-state index contributed by atoms with van der Waals surface area (Å²) in [4.78, 5) is 12.3. The van der Waals surface area contributed by atoms with Crippen molar-refractivity contribution in [2.45, 2.75) is 19.6 Å². The number of rotatable bonds is 5. The van der Waals surface area contributed by atoms with Gasteiger partial charge in [0.2, 0.25) is 0 Å². The lowest BCUT2D eigenvalue weighted by Crippen LogP contribution is -2.16. The molecule has 7 nitrogen and oxygen atoms in total. The van der Waals surface area contributed by atoms with Gasteiger partial charge < -0.3 is 15.4 Å². The molecule has 5 aromatic rings. The molecule has 1 atom stereocenters. The lowest BCUT2D eigenvalue weighted by molar-refractivity contribution is 0.199. The van der Waals surface area contributed by atoms with E-state index in [9.17, 15) is 5.11 Å². The smallest absolute Gasteiger partial charge is 0.159 e. The van der Waals surface area contributed by atoms with E-state index in [1.807, 2.05) is 55.6 Å². The zero-order valence-corrected chi connectivity index (χ0v) is 15.8. The number of aromatic nitrogens is 5. The Morgan fingerprint density at radius 2 is 1.93 bits per heavy atom. The van der Waals surface area contributed by atoms with E-state index in [4.69, 9.17) is 0 Å². The number of benzene rings is 2. The summed E-state index contributed by atoms with van der Waals surface area (Å²) in [5.41, 5.74) is 6.35. The Bertz CT molecular complexity index is 1270. The van der Waals surface area contributed by atoms with E-state index in [0.29, 0.717) is 6.42 Å². The molecule has 29 heavy (non-hydrogen) atoms. The van der Waals surface area contributed by atoms with Crippen LogP contribution in [0.4, 0.5) is 5.69 Å². The summed E-state index contributed by atoms with van der Waals surface area (Å²) in [6.45, 7) is 1.92. The van der Waals surface area contributed by atoms with Crippen LogP contribution in [0.5, 0.6) is 0 Å². The fraction of sp³-hybridized carbons (Fsp3) is 0.136. The summed E-state index contributed by atoms with van der Waals surface area (Å²) in [5.74, 6) is 0.731. The zero-order valence-electron chi connectivity index (χ0n) is 15.8. The molecular weight excluding hydrogens is 364 g/mol. The first-order chi connectivity index (χ1) is 14.2. The van der Waals surface area contributed by atoms with E-state index in [-0.39, 0.29) is 0 Å². The number of anilines is 1. The molecular formula is C22H20N6O. The number of aliphatic hydroxyl groups excluding tert-OH is 1. The molecule has 0 fully saturated rings. The minimum Gasteiger partial charge on any atom is -0.374 e. The van der Waals surface area contributed by atoms with Gasteiger partial charge in [-0.3, -0.25) is 10.1 Å². The van der Waals surface area contributed by atoms with Gasteiger partial charge in [-0.1, -0.05) is 25.1 Å². The second-order valence-corrected chi connectivity index (χ2v) is 6.97. The van der Waals surface area contributed by atoms with E-state index in [1.54, 1.807) is 6.20 Å². The van der Waals surface area contributed by atoms with Crippen LogP contribution in [0.25, 0.3) is 44.6 Å². The van der Waals surface area contributed by atoms with Gasteiger partial charge >= 0.3 is 0 Å². The molecule has 0 aliphatic heterocycles. The number of fused-ring (bicyclic) bond motifs is 2. The molecule has 0 amide bonds. The average molecular weight is 384 g/mol. The highest BCUT2D eigenvalue weighted by Crippen LogP contribution is 2.30. The zero-order chi connectivity index (χ0) is 19.8. The summed E-state index contributed by atoms with van der Waals surface area (Å²) in [5, 5.41) is 21.4. The first kappa shape index (κ1) is 17.4. The van der Waals surface area contributed by atoms with Crippen molar-refractivity contribution in [1.82, 2.24) is 25.1 Å². The van der Waals surface area contributed by atoms with Crippen LogP contribution in [0.1, 0.15) is 13.3 Å². The Morgan fingerprint density at radius 1 is 1.03 bits per heavy atom. The lowest BCUT2D eigenvalue weighted by atomic mass is 10.0. The van der Waals surface area contributed by atoms with E-state index in [0.717, 1.165) is 50.3 Å². The SMILES string of the molecule is CCC(O)Nc1cncc(-c2ccc3[nH]nc(-c4nc5ccccc5[nH]4)c3c2)c1. The lowest BCUT2D eigenvalue weighted by Gasteiger charge is -2.12. The Kier molecular flexibility index (Phi) is 4.22. The fourth-order valence-corrected chi connectivity index (χ4v) is 3.41. The quantitative estimate of drug-likeness (QED) is 0.338. The molecule has 4 N–H and O–H groups in total. The van der Waals surface area contributed by atoms with Crippen LogP contribution in [0, 0.1) is 0 Å². The molecule has 3 heterocycles. The third-order valence-electron chi connectivity index (χ3n) is 4.97. The van der Waals surface area contributed by atoms with Gasteiger partial charge in [0.1, 0.15) is 11.9 Å². The van der Waals surface area contributed by atoms with Crippen molar-refractivity contribution in [3.63, 3.8) is 0 Å². The fourth-order valence-electron chi connectivity index (χ4n) is 3.41. The number of H-pyrrole nitrogens is 2. The van der Waals surface area contributed by atoms with Gasteiger partial charge in [0.25, 0.3) is 0 Å². The summed E-state index contributed by atoms with van der Waals surface area (Å²) < 4.78 is 0. The highest BCUT2D eigenvalue weighted by Gasteiger charge is 2.14. The Morgan fingerprint density at radius 3 is 2.79 bits per heavy atom. The number of hydrogen-bond acceptors (Lipinski definition) is 5. The molecule has 0 radical (unpaired) electrons. The van der Waals surface area contributed by atoms with E-state index in [2.05, 4.69) is 36.5 Å². The van der Waals surface area contributed by atoms with Gasteiger partial charge in [0.15, 0.2) is 5.82 Å². The van der Waals surface area contributed by atoms with Crippen LogP contribution in [0.3, 0.4) is 0 Å². The molecule has 0 aliphatic rings. The van der Waals surface area contributed by atoms with Gasteiger partial charge in [0, 0.05) is 17.1 Å². The van der Waals surface area contributed by atoms with Crippen LogP contribution in [0.2, 0.25) is 0 Å². The minimum atomic E-state index is -0.594. The summed E-state index contributed by atoms with van der Waals surface area (Å²) in [6, 6.07) is 16.0. The number of hydrogen-bond donors (Lipinski definition) is 4. The van der Waals surface area contributed by atoms with Crippen LogP contribution >= 0.6 is 0 Å². The first-order valence-corrected chi connectivity index (χ1v) is 9.54. The number of aromatic amines is 2. The molecule has 144 valence electrons. The van der Waals surface area contributed by atoms with Crippen molar-refractivity contribution in [2.24, 2.45) is 0 Å². The topological polar surface area (TPSA) is 103 Å². The molecule has 7 heteroatoms. The predicted octanol–water partition coefficient (Wildman–Crippen LogP) is 4.31. The van der Waals surface area contributed by atoms with Crippen molar-refractivity contribution < 1.29 is 5.11 Å². The van der Waals surface area contributed by atoms with Crippen molar-refractivity contribution in [2.75, 3.05) is 5.32 Å². The van der Waals surface area contributed by atoms with Crippen LogP contribution < -0.4 is 5.32 Å². The molecule has 0 saturated heterocycles. The van der Waals surface area contributed by atoms with Crippen molar-refractivity contribution >= 4 is 27.6 Å². The van der Waals surface area contributed by atoms with Crippen LogP contribution in [-0.2, 0) is 0 Å². The Hall–Kier alpha value is -3.71. The summed E-state index contributed by atoms with van der Waals surface area (Å²) in [6.07, 6.45) is 3.54. The second-order valence-electron chi connectivity index (χ2n) is 6.97. The monoisotopic (exact) mass is 384 g/mol. The van der Waals surface area contributed by atoms with E-state index >= 15 is 0 Å². The second kappa shape index (κ2) is 7.03. The molecule has 5 rings (SSSR count). The first-order valence-electron chi connectivity index (χ1n) is 9.54. The summed E-state index contributed by atoms with van der Waals surface area (Å²) >= 11 is 0. The van der Waals surface area contributed by atoms with Gasteiger partial charge in [0.05, 0.1) is 28.4 Å². The maximum Gasteiger partial charge on any atom is 0.159 e. The van der Waals surface area contributed by atoms with Crippen molar-refractivity contribution in [3.05, 3.63) is 60.9 Å². The van der Waals surface area contributed by atoms with Crippen LogP contribution in [0.15, 0.2) is 60.9 Å². The van der Waals surface area contributed by atoms with Gasteiger partial charge in [-0.2, -0.15) is 5.10 Å². The third-order valence-corrected chi connectivity index (χ3v) is 4.97. The van der Waals surface area contributed by atoms with Gasteiger partial charge in [-0.15, -0.1) is 0 Å². The normalized spacial score (nSPS) is 12.5. The molecule has 0 bridgehead atoms. The maximum absolute atomic E-state index is 9.85. The van der Waals surface area contributed by atoms with Gasteiger partial charge in [-0.25, -0.2) is 4.98 Å². The largest absolute Gasteiger partial charge is 0.374 e. The maximum atomic E-state index is 9.85. The molecule has 0 spiro atoms. The third kappa shape index (κ3) is 3.21. The molecule has 1 unspecified atom stereocenters. The molecule has 0 aliphatic carbocycles. The minimum absolute atomic E-state index is 0.594. The van der Waals surface area contributed by atoms with Crippen molar-refractivity contribution in [1.29, 1.82) is 0 Å². The highest BCUT2D eigenvalue weighted by molar-refractivity contribution is 5.95. The number of aliphatic hydroxyl groups is 1. The molecule has 0 saturated carbocycles. The number of imidazole rings is 1. The number of nitrogens with zero attached hydrogens (tertiary/aromatic N) is 3. The molecule has 2 aromatic carbocycles. The number of nitrogens with one attached hydrogen (secondary N) is 3. The van der Waals surface area contributed by atoms with Crippen LogP contribution in [-0.4, -0.2) is 36.5 Å². The predicted molar refractivity (Wildman–Crippen MR) is 114 cm³/mol.